The van der Waals surface area contributed by atoms with E-state index in [9.17, 15) is 4.79 Å². The largest absolute Gasteiger partial charge is 0.397 e. The fourth-order valence-electron chi connectivity index (χ4n) is 0. The minimum Gasteiger partial charge on any atom is -0.397 e. The molecule has 0 unspecified atom stereocenters. The van der Waals surface area contributed by atoms with Crippen molar-refractivity contribution < 1.29 is 9.90 Å². The van der Waals surface area contributed by atoms with E-state index in [-0.39, 0.29) is 12.5 Å². The first kappa shape index (κ1) is 10.4. The van der Waals surface area contributed by atoms with Crippen LogP contribution in [-0.2, 0) is 4.79 Å². The van der Waals surface area contributed by atoms with E-state index in [1.807, 2.05) is 0 Å². The second-order valence-corrected chi connectivity index (χ2v) is 1.12. The Bertz CT molecular complexity index is 54.4. The molecule has 0 fully saturated rings. The zero-order chi connectivity index (χ0) is 6.99. The Balaban J connectivity index is 0. The number of amides is 1. The number of aliphatic hydroxyl groups excluding tert-OH is 1. The van der Waals surface area contributed by atoms with Gasteiger partial charge >= 0.3 is 0 Å². The fourth-order valence-corrected chi connectivity index (χ4v) is 0. The first-order valence-corrected chi connectivity index (χ1v) is 2.48. The van der Waals surface area contributed by atoms with Crippen molar-refractivity contribution in [3.63, 3.8) is 0 Å². The van der Waals surface area contributed by atoms with E-state index >= 15 is 0 Å². The number of rotatable bonds is 0. The molecule has 0 aliphatic heterocycles. The van der Waals surface area contributed by atoms with Crippen LogP contribution in [0.25, 0.3) is 0 Å². The lowest BCUT2D eigenvalue weighted by molar-refractivity contribution is -0.118. The Morgan fingerprint density at radius 2 is 1.88 bits per heavy atom. The molecule has 1 amide bonds. The third-order valence-electron chi connectivity index (χ3n) is 0.352. The van der Waals surface area contributed by atoms with Gasteiger partial charge in [-0.05, 0) is 6.92 Å². The van der Waals surface area contributed by atoms with Crippen molar-refractivity contribution >= 4 is 5.91 Å². The van der Waals surface area contributed by atoms with Gasteiger partial charge in [-0.3, -0.25) is 4.79 Å². The van der Waals surface area contributed by atoms with Gasteiger partial charge in [0.15, 0.2) is 0 Å². The highest BCUT2D eigenvalue weighted by Gasteiger charge is 1.72. The quantitative estimate of drug-likeness (QED) is 0.462. The zero-order valence-corrected chi connectivity index (χ0v) is 5.56. The van der Waals surface area contributed by atoms with Crippen molar-refractivity contribution in [1.82, 2.24) is 5.32 Å². The smallest absolute Gasteiger partial charge is 0.216 e. The molecule has 0 saturated carbocycles. The molecule has 8 heavy (non-hydrogen) atoms. The van der Waals surface area contributed by atoms with Gasteiger partial charge in [-0.15, -0.1) is 0 Å². The van der Waals surface area contributed by atoms with Gasteiger partial charge in [0, 0.05) is 20.6 Å². The topological polar surface area (TPSA) is 49.3 Å². The number of carbonyl (C=O) groups is 1. The lowest BCUT2D eigenvalue weighted by atomic mass is 10.7. The van der Waals surface area contributed by atoms with E-state index in [0.717, 1.165) is 0 Å². The van der Waals surface area contributed by atoms with Crippen LogP contribution in [0.2, 0.25) is 0 Å². The van der Waals surface area contributed by atoms with E-state index in [4.69, 9.17) is 5.11 Å². The number of hydrogen-bond donors (Lipinski definition) is 2. The second kappa shape index (κ2) is 9.66. The lowest BCUT2D eigenvalue weighted by Crippen LogP contribution is -2.11. The first-order valence-electron chi connectivity index (χ1n) is 2.48. The van der Waals surface area contributed by atoms with Crippen molar-refractivity contribution in [2.75, 3.05) is 13.7 Å². The summed E-state index contributed by atoms with van der Waals surface area (Å²) in [5, 5.41) is 9.96. The van der Waals surface area contributed by atoms with Gasteiger partial charge in [-0.25, -0.2) is 0 Å². The molecule has 2 N–H and O–H groups in total. The molecule has 0 saturated heterocycles. The highest BCUT2D eigenvalue weighted by molar-refractivity contribution is 5.72. The molecule has 0 aromatic rings. The van der Waals surface area contributed by atoms with Crippen LogP contribution in [0, 0.1) is 0 Å². The summed E-state index contributed by atoms with van der Waals surface area (Å²) in [6.45, 7) is 3.40. The van der Waals surface area contributed by atoms with Crippen LogP contribution >= 0.6 is 0 Å². The standard InChI is InChI=1S/C3H7NO.C2H6O/c1-3(5)4-2;1-2-3/h1-2H3,(H,4,5);3H,2H2,1H3. The second-order valence-electron chi connectivity index (χ2n) is 1.12. The van der Waals surface area contributed by atoms with Gasteiger partial charge < -0.3 is 10.4 Å². The Hall–Kier alpha value is -0.570. The van der Waals surface area contributed by atoms with Crippen LogP contribution in [0.3, 0.4) is 0 Å². The molecular weight excluding hydrogens is 106 g/mol. The maximum atomic E-state index is 9.70. The molecule has 0 aromatic carbocycles. The molecule has 0 aliphatic rings. The van der Waals surface area contributed by atoms with Crippen LogP contribution in [-0.4, -0.2) is 24.7 Å². The monoisotopic (exact) mass is 119 g/mol. The van der Waals surface area contributed by atoms with Crippen LogP contribution in [0.15, 0.2) is 0 Å². The molecule has 0 bridgehead atoms. The molecule has 0 heterocycles. The number of hydrogen-bond acceptors (Lipinski definition) is 2. The summed E-state index contributed by atoms with van der Waals surface area (Å²) < 4.78 is 0. The Kier molecular flexibility index (Phi) is 12.6. The molecule has 50 valence electrons. The summed E-state index contributed by atoms with van der Waals surface area (Å²) in [7, 11) is 1.60. The number of nitrogens with one attached hydrogen (secondary N) is 1. The van der Waals surface area contributed by atoms with Gasteiger partial charge in [0.25, 0.3) is 0 Å². The molecule has 0 aliphatic carbocycles. The SMILES string of the molecule is CCO.CNC(C)=O. The van der Waals surface area contributed by atoms with Crippen LogP contribution in [0.1, 0.15) is 13.8 Å². The van der Waals surface area contributed by atoms with Crippen molar-refractivity contribution in [1.29, 1.82) is 0 Å². The Morgan fingerprint density at radius 1 is 1.75 bits per heavy atom. The molecule has 0 aromatic heterocycles. The summed E-state index contributed by atoms with van der Waals surface area (Å²) in [5.74, 6) is 0.00463. The molecular formula is C5H13NO2. The van der Waals surface area contributed by atoms with Gasteiger partial charge in [-0.2, -0.15) is 0 Å². The summed E-state index contributed by atoms with van der Waals surface area (Å²) in [5.41, 5.74) is 0. The Labute approximate surface area is 49.7 Å². The van der Waals surface area contributed by atoms with Gasteiger partial charge in [0.1, 0.15) is 0 Å². The zero-order valence-electron chi connectivity index (χ0n) is 5.56. The molecule has 0 radical (unpaired) electrons. The molecule has 3 heteroatoms. The van der Waals surface area contributed by atoms with Gasteiger partial charge in [0.2, 0.25) is 5.91 Å². The van der Waals surface area contributed by atoms with Gasteiger partial charge in [-0.1, -0.05) is 0 Å². The van der Waals surface area contributed by atoms with Crippen LogP contribution in [0.5, 0.6) is 0 Å². The normalized spacial score (nSPS) is 6.50. The molecule has 0 rings (SSSR count). The maximum absolute atomic E-state index is 9.70. The summed E-state index contributed by atoms with van der Waals surface area (Å²) in [4.78, 5) is 9.70. The maximum Gasteiger partial charge on any atom is 0.216 e. The average molecular weight is 119 g/mol. The first-order chi connectivity index (χ1) is 3.68. The highest BCUT2D eigenvalue weighted by Crippen LogP contribution is 1.45. The predicted molar refractivity (Wildman–Crippen MR) is 32.5 cm³/mol. The van der Waals surface area contributed by atoms with Gasteiger partial charge in [0.05, 0.1) is 0 Å². The average Bonchev–Trinajstić information content (AvgIpc) is 1.69. The van der Waals surface area contributed by atoms with Crippen LogP contribution in [0.4, 0.5) is 0 Å². The van der Waals surface area contributed by atoms with E-state index < -0.39 is 0 Å². The van der Waals surface area contributed by atoms with E-state index in [1.165, 1.54) is 6.92 Å². The number of aliphatic hydroxyl groups is 1. The van der Waals surface area contributed by atoms with E-state index in [0.29, 0.717) is 0 Å². The fraction of sp³-hybridized carbons (Fsp3) is 0.800. The third kappa shape index (κ3) is 52.1. The van der Waals surface area contributed by atoms with Crippen molar-refractivity contribution in [2.24, 2.45) is 0 Å². The van der Waals surface area contributed by atoms with Crippen molar-refractivity contribution in [3.05, 3.63) is 0 Å². The minimum absolute atomic E-state index is 0.00463. The van der Waals surface area contributed by atoms with E-state index in [2.05, 4.69) is 5.32 Å². The number of carbonyl (C=O) groups excluding carboxylic acids is 1. The van der Waals surface area contributed by atoms with Crippen LogP contribution < -0.4 is 5.32 Å². The molecule has 3 nitrogen and oxygen atoms in total. The predicted octanol–water partition coefficient (Wildman–Crippen LogP) is -0.249. The van der Waals surface area contributed by atoms with Crippen molar-refractivity contribution in [3.8, 4) is 0 Å². The van der Waals surface area contributed by atoms with E-state index in [1.54, 1.807) is 14.0 Å². The Morgan fingerprint density at radius 3 is 1.88 bits per heavy atom. The minimum atomic E-state index is 0.00463. The third-order valence-corrected chi connectivity index (χ3v) is 0.352. The lowest BCUT2D eigenvalue weighted by Gasteiger charge is -1.80. The molecule has 0 atom stereocenters. The summed E-state index contributed by atoms with van der Waals surface area (Å²) in [6, 6.07) is 0. The summed E-state index contributed by atoms with van der Waals surface area (Å²) >= 11 is 0. The molecule has 0 spiro atoms. The highest BCUT2D eigenvalue weighted by atomic mass is 16.2. The van der Waals surface area contributed by atoms with Crippen molar-refractivity contribution in [2.45, 2.75) is 13.8 Å². The summed E-state index contributed by atoms with van der Waals surface area (Å²) in [6.07, 6.45) is 0.